The molecule has 122 valence electrons. The third kappa shape index (κ3) is 2.41. The second-order valence-electron chi connectivity index (χ2n) is 6.74. The molecule has 0 aromatic heterocycles. The van der Waals surface area contributed by atoms with Gasteiger partial charge in [0.15, 0.2) is 0 Å². The average molecular weight is 318 g/mol. The van der Waals surface area contributed by atoms with Crippen molar-refractivity contribution in [2.24, 2.45) is 5.92 Å². The molecule has 2 aliphatic rings. The van der Waals surface area contributed by atoms with Crippen LogP contribution in [0.5, 0.6) is 0 Å². The Balaban J connectivity index is 1.75. The zero-order valence-electron chi connectivity index (χ0n) is 14.1. The van der Waals surface area contributed by atoms with Crippen LogP contribution in [0.25, 0.3) is 0 Å². The van der Waals surface area contributed by atoms with Crippen LogP contribution >= 0.6 is 0 Å². The van der Waals surface area contributed by atoms with Gasteiger partial charge in [-0.05, 0) is 41.7 Å². The highest BCUT2D eigenvalue weighted by Gasteiger charge is 2.37. The highest BCUT2D eigenvalue weighted by Crippen LogP contribution is 2.50. The Bertz CT molecular complexity index is 797. The van der Waals surface area contributed by atoms with Gasteiger partial charge in [0, 0.05) is 31.3 Å². The van der Waals surface area contributed by atoms with Crippen molar-refractivity contribution in [3.63, 3.8) is 0 Å². The first-order valence-corrected chi connectivity index (χ1v) is 8.51. The number of benzene rings is 2. The largest absolute Gasteiger partial charge is 0.378 e. The maximum absolute atomic E-state index is 11.7. The molecule has 3 heteroatoms. The number of hydrogen-bond donors (Lipinski definition) is 1. The van der Waals surface area contributed by atoms with E-state index in [-0.39, 0.29) is 5.91 Å². The van der Waals surface area contributed by atoms with E-state index < -0.39 is 0 Å². The minimum absolute atomic E-state index is 0.0550. The molecule has 0 bridgehead atoms. The van der Waals surface area contributed by atoms with Crippen molar-refractivity contribution in [2.75, 3.05) is 17.3 Å². The monoisotopic (exact) mass is 318 g/mol. The van der Waals surface area contributed by atoms with E-state index in [1.807, 2.05) is 13.1 Å². The Morgan fingerprint density at radius 3 is 2.71 bits per heavy atom. The van der Waals surface area contributed by atoms with Gasteiger partial charge in [0.25, 0.3) is 0 Å². The van der Waals surface area contributed by atoms with Crippen molar-refractivity contribution in [3.8, 4) is 0 Å². The highest BCUT2D eigenvalue weighted by molar-refractivity contribution is 5.91. The Hall–Kier alpha value is -2.55. The summed E-state index contributed by atoms with van der Waals surface area (Å²) in [5.41, 5.74) is 4.77. The van der Waals surface area contributed by atoms with Gasteiger partial charge in [-0.25, -0.2) is 0 Å². The summed E-state index contributed by atoms with van der Waals surface area (Å²) < 4.78 is 0. The maximum atomic E-state index is 11.7. The summed E-state index contributed by atoms with van der Waals surface area (Å²) in [5, 5.41) is 3.74. The normalized spacial score (nSPS) is 24.0. The molecule has 0 radical (unpaired) electrons. The summed E-state index contributed by atoms with van der Waals surface area (Å²) in [4.78, 5) is 13.4. The van der Waals surface area contributed by atoms with E-state index in [9.17, 15) is 4.79 Å². The fraction of sp³-hybridized carbons (Fsp3) is 0.286. The Morgan fingerprint density at radius 2 is 1.96 bits per heavy atom. The first kappa shape index (κ1) is 15.0. The molecule has 3 nitrogen and oxygen atoms in total. The minimum atomic E-state index is 0.0550. The maximum Gasteiger partial charge on any atom is 0.223 e. The van der Waals surface area contributed by atoms with Gasteiger partial charge in [0.1, 0.15) is 0 Å². The SMILES string of the molecule is CC(=O)N(C)c1ccc2c(c1)C1C=CCC1C(c1ccccc1)N2. The highest BCUT2D eigenvalue weighted by atomic mass is 16.2. The number of nitrogens with one attached hydrogen (secondary N) is 1. The number of rotatable bonds is 2. The van der Waals surface area contributed by atoms with Gasteiger partial charge in [0.05, 0.1) is 6.04 Å². The fourth-order valence-electron chi connectivity index (χ4n) is 3.96. The molecule has 0 saturated heterocycles. The smallest absolute Gasteiger partial charge is 0.223 e. The fourth-order valence-corrected chi connectivity index (χ4v) is 3.96. The van der Waals surface area contributed by atoms with Gasteiger partial charge in [-0.2, -0.15) is 0 Å². The molecular formula is C21H22N2O. The second-order valence-corrected chi connectivity index (χ2v) is 6.74. The molecule has 1 amide bonds. The summed E-state index contributed by atoms with van der Waals surface area (Å²) in [6, 6.07) is 17.3. The number of amides is 1. The van der Waals surface area contributed by atoms with Crippen molar-refractivity contribution in [1.82, 2.24) is 0 Å². The van der Waals surface area contributed by atoms with Crippen molar-refractivity contribution < 1.29 is 4.79 Å². The first-order valence-electron chi connectivity index (χ1n) is 8.51. The predicted molar refractivity (Wildman–Crippen MR) is 98.3 cm³/mol. The van der Waals surface area contributed by atoms with Crippen LogP contribution in [-0.4, -0.2) is 13.0 Å². The molecule has 1 N–H and O–H groups in total. The zero-order valence-corrected chi connectivity index (χ0v) is 14.1. The molecule has 1 heterocycles. The van der Waals surface area contributed by atoms with Crippen LogP contribution in [0, 0.1) is 5.92 Å². The molecule has 2 aromatic carbocycles. The molecule has 0 fully saturated rings. The quantitative estimate of drug-likeness (QED) is 0.827. The van der Waals surface area contributed by atoms with E-state index in [4.69, 9.17) is 0 Å². The Morgan fingerprint density at radius 1 is 1.17 bits per heavy atom. The summed E-state index contributed by atoms with van der Waals surface area (Å²) in [7, 11) is 1.83. The number of allylic oxidation sites excluding steroid dienone is 2. The van der Waals surface area contributed by atoms with Crippen molar-refractivity contribution in [2.45, 2.75) is 25.3 Å². The lowest BCUT2D eigenvalue weighted by atomic mass is 9.77. The molecule has 1 aliphatic heterocycles. The summed E-state index contributed by atoms with van der Waals surface area (Å²) in [5.74, 6) is 0.990. The lowest BCUT2D eigenvalue weighted by molar-refractivity contribution is -0.116. The first-order chi connectivity index (χ1) is 11.6. The number of carbonyl (C=O) groups excluding carboxylic acids is 1. The second kappa shape index (κ2) is 5.82. The molecule has 3 unspecified atom stereocenters. The predicted octanol–water partition coefficient (Wildman–Crippen LogP) is 4.50. The zero-order chi connectivity index (χ0) is 16.7. The van der Waals surface area contributed by atoms with Gasteiger partial charge >= 0.3 is 0 Å². The molecule has 4 rings (SSSR count). The minimum Gasteiger partial charge on any atom is -0.378 e. The summed E-state index contributed by atoms with van der Waals surface area (Å²) in [6.07, 6.45) is 5.71. The average Bonchev–Trinajstić information content (AvgIpc) is 3.10. The van der Waals surface area contributed by atoms with E-state index in [1.165, 1.54) is 16.8 Å². The molecule has 1 aliphatic carbocycles. The standard InChI is InChI=1S/C21H22N2O/c1-14(24)23(2)16-11-12-20-19(13-16)17-9-6-10-18(17)21(22-20)15-7-4-3-5-8-15/h3-9,11-13,17-18,21-22H,10H2,1-2H3. The van der Waals surface area contributed by atoms with Crippen LogP contribution in [0.3, 0.4) is 0 Å². The van der Waals surface area contributed by atoms with Crippen LogP contribution in [0.4, 0.5) is 11.4 Å². The number of carbonyl (C=O) groups is 1. The number of anilines is 2. The molecule has 0 saturated carbocycles. The molecule has 2 aromatic rings. The van der Waals surface area contributed by atoms with E-state index >= 15 is 0 Å². The van der Waals surface area contributed by atoms with E-state index in [0.29, 0.717) is 17.9 Å². The van der Waals surface area contributed by atoms with E-state index in [2.05, 4.69) is 59.9 Å². The van der Waals surface area contributed by atoms with Crippen molar-refractivity contribution >= 4 is 17.3 Å². The van der Waals surface area contributed by atoms with Crippen LogP contribution in [-0.2, 0) is 4.79 Å². The van der Waals surface area contributed by atoms with E-state index in [0.717, 1.165) is 12.1 Å². The van der Waals surface area contributed by atoms with Gasteiger partial charge < -0.3 is 10.2 Å². The molecular weight excluding hydrogens is 296 g/mol. The van der Waals surface area contributed by atoms with E-state index in [1.54, 1.807) is 11.8 Å². The van der Waals surface area contributed by atoms with Crippen molar-refractivity contribution in [3.05, 3.63) is 71.8 Å². The number of nitrogens with zero attached hydrogens (tertiary/aromatic N) is 1. The molecule has 0 spiro atoms. The van der Waals surface area contributed by atoms with Crippen LogP contribution in [0.2, 0.25) is 0 Å². The molecule has 3 atom stereocenters. The van der Waals surface area contributed by atoms with Crippen molar-refractivity contribution in [1.29, 1.82) is 0 Å². The number of hydrogen-bond acceptors (Lipinski definition) is 2. The topological polar surface area (TPSA) is 32.3 Å². The Kier molecular flexibility index (Phi) is 3.64. The number of fused-ring (bicyclic) bond motifs is 3. The third-order valence-electron chi connectivity index (χ3n) is 5.36. The van der Waals surface area contributed by atoms with Crippen LogP contribution in [0.1, 0.15) is 36.4 Å². The van der Waals surface area contributed by atoms with Crippen LogP contribution < -0.4 is 10.2 Å². The third-order valence-corrected chi connectivity index (χ3v) is 5.36. The van der Waals surface area contributed by atoms with Gasteiger partial charge in [-0.3, -0.25) is 4.79 Å². The lowest BCUT2D eigenvalue weighted by Gasteiger charge is -2.38. The summed E-state index contributed by atoms with van der Waals surface area (Å²) >= 11 is 0. The lowest BCUT2D eigenvalue weighted by Crippen LogP contribution is -2.29. The van der Waals surface area contributed by atoms with Gasteiger partial charge in [-0.15, -0.1) is 0 Å². The summed E-state index contributed by atoms with van der Waals surface area (Å²) in [6.45, 7) is 1.60. The molecule has 24 heavy (non-hydrogen) atoms. The van der Waals surface area contributed by atoms with Gasteiger partial charge in [-0.1, -0.05) is 42.5 Å². The van der Waals surface area contributed by atoms with Gasteiger partial charge in [0.2, 0.25) is 5.91 Å². The van der Waals surface area contributed by atoms with Crippen LogP contribution in [0.15, 0.2) is 60.7 Å². The Labute approximate surface area is 143 Å².